The molecule has 1 heterocycles. The molecule has 0 radical (unpaired) electrons. The van der Waals surface area contributed by atoms with Crippen molar-refractivity contribution in [1.82, 2.24) is 4.98 Å². The van der Waals surface area contributed by atoms with Gasteiger partial charge in [-0.2, -0.15) is 0 Å². The molecule has 2 aromatic rings. The van der Waals surface area contributed by atoms with E-state index in [0.717, 1.165) is 24.9 Å². The van der Waals surface area contributed by atoms with Gasteiger partial charge in [-0.1, -0.05) is 19.4 Å². The third kappa shape index (κ3) is 4.71. The Balaban J connectivity index is 2.11. The molecule has 5 heteroatoms. The second kappa shape index (κ2) is 8.17. The first kappa shape index (κ1) is 16.8. The molecule has 0 aliphatic carbocycles. The Bertz CT molecular complexity index is 671. The fraction of sp³-hybridized carbons (Fsp3) is 0.333. The quantitative estimate of drug-likeness (QED) is 0.762. The fourth-order valence-electron chi connectivity index (χ4n) is 2.18. The number of hydrogen-bond acceptors (Lipinski definition) is 4. The van der Waals surface area contributed by atoms with Crippen molar-refractivity contribution < 1.29 is 9.53 Å². The standard InChI is InChI=1S/C18H23N3O2/c1-4-5-9-19-17-12-14(8-10-20-17)18(22)21-15-11-13(2)6-7-16(15)23-3/h6-8,10-12H,4-5,9H2,1-3H3,(H,19,20)(H,21,22). The van der Waals surface area contributed by atoms with Gasteiger partial charge in [0.25, 0.3) is 5.91 Å². The van der Waals surface area contributed by atoms with Gasteiger partial charge in [-0.15, -0.1) is 0 Å². The molecule has 0 unspecified atom stereocenters. The summed E-state index contributed by atoms with van der Waals surface area (Å²) in [4.78, 5) is 16.7. The average Bonchev–Trinajstić information content (AvgIpc) is 2.55. The summed E-state index contributed by atoms with van der Waals surface area (Å²) in [5.41, 5.74) is 2.27. The lowest BCUT2D eigenvalue weighted by Gasteiger charge is -2.11. The molecule has 0 saturated carbocycles. The molecule has 1 aromatic carbocycles. The number of unbranched alkanes of at least 4 members (excludes halogenated alkanes) is 1. The topological polar surface area (TPSA) is 63.2 Å². The normalized spacial score (nSPS) is 10.2. The summed E-state index contributed by atoms with van der Waals surface area (Å²) in [5, 5.41) is 6.11. The number of anilines is 2. The van der Waals surface area contributed by atoms with Crippen LogP contribution in [0.5, 0.6) is 5.75 Å². The largest absolute Gasteiger partial charge is 0.495 e. The van der Waals surface area contributed by atoms with Gasteiger partial charge in [-0.3, -0.25) is 4.79 Å². The number of carbonyl (C=O) groups excluding carboxylic acids is 1. The van der Waals surface area contributed by atoms with Crippen molar-refractivity contribution in [3.8, 4) is 5.75 Å². The number of nitrogens with zero attached hydrogens (tertiary/aromatic N) is 1. The van der Waals surface area contributed by atoms with Crippen molar-refractivity contribution in [2.45, 2.75) is 26.7 Å². The van der Waals surface area contributed by atoms with E-state index in [4.69, 9.17) is 4.74 Å². The SMILES string of the molecule is CCCCNc1cc(C(=O)Nc2cc(C)ccc2OC)ccn1. The number of nitrogens with one attached hydrogen (secondary N) is 2. The van der Waals surface area contributed by atoms with E-state index >= 15 is 0 Å². The predicted molar refractivity (Wildman–Crippen MR) is 93.3 cm³/mol. The molecule has 0 spiro atoms. The minimum atomic E-state index is -0.185. The number of benzene rings is 1. The van der Waals surface area contributed by atoms with E-state index in [2.05, 4.69) is 22.5 Å². The van der Waals surface area contributed by atoms with Gasteiger partial charge in [0.15, 0.2) is 0 Å². The van der Waals surface area contributed by atoms with Gasteiger partial charge in [-0.05, 0) is 43.2 Å². The molecule has 122 valence electrons. The average molecular weight is 313 g/mol. The minimum absolute atomic E-state index is 0.185. The van der Waals surface area contributed by atoms with Crippen LogP contribution in [0.2, 0.25) is 0 Å². The molecule has 0 bridgehead atoms. The van der Waals surface area contributed by atoms with Crippen LogP contribution in [-0.2, 0) is 0 Å². The summed E-state index contributed by atoms with van der Waals surface area (Å²) in [7, 11) is 1.59. The Hall–Kier alpha value is -2.56. The molecule has 0 fully saturated rings. The first-order chi connectivity index (χ1) is 11.1. The number of aryl methyl sites for hydroxylation is 1. The van der Waals surface area contributed by atoms with E-state index in [1.54, 1.807) is 25.4 Å². The molecule has 0 atom stereocenters. The highest BCUT2D eigenvalue weighted by Crippen LogP contribution is 2.25. The van der Waals surface area contributed by atoms with E-state index in [1.807, 2.05) is 25.1 Å². The molecule has 5 nitrogen and oxygen atoms in total. The highest BCUT2D eigenvalue weighted by Gasteiger charge is 2.11. The lowest BCUT2D eigenvalue weighted by molar-refractivity contribution is 0.102. The molecular weight excluding hydrogens is 290 g/mol. The van der Waals surface area contributed by atoms with Crippen LogP contribution in [0.25, 0.3) is 0 Å². The lowest BCUT2D eigenvalue weighted by Crippen LogP contribution is -2.14. The van der Waals surface area contributed by atoms with E-state index in [-0.39, 0.29) is 5.91 Å². The highest BCUT2D eigenvalue weighted by atomic mass is 16.5. The summed E-state index contributed by atoms with van der Waals surface area (Å²) < 4.78 is 5.29. The van der Waals surface area contributed by atoms with Gasteiger partial charge in [-0.25, -0.2) is 4.98 Å². The molecule has 1 aromatic heterocycles. The summed E-state index contributed by atoms with van der Waals surface area (Å²) in [5.74, 6) is 1.16. The highest BCUT2D eigenvalue weighted by molar-refractivity contribution is 6.05. The molecule has 0 saturated heterocycles. The first-order valence-electron chi connectivity index (χ1n) is 7.80. The van der Waals surface area contributed by atoms with Gasteiger partial charge in [0, 0.05) is 18.3 Å². The van der Waals surface area contributed by atoms with Crippen LogP contribution in [-0.4, -0.2) is 24.5 Å². The van der Waals surface area contributed by atoms with E-state index in [1.165, 1.54) is 0 Å². The Kier molecular flexibility index (Phi) is 5.97. The molecule has 23 heavy (non-hydrogen) atoms. The van der Waals surface area contributed by atoms with Gasteiger partial charge in [0.05, 0.1) is 12.8 Å². The summed E-state index contributed by atoms with van der Waals surface area (Å²) in [6, 6.07) is 9.13. The van der Waals surface area contributed by atoms with Crippen LogP contribution in [0.1, 0.15) is 35.7 Å². The number of aromatic nitrogens is 1. The van der Waals surface area contributed by atoms with Crippen molar-refractivity contribution in [3.63, 3.8) is 0 Å². The Labute approximate surface area is 137 Å². The molecule has 2 rings (SSSR count). The van der Waals surface area contributed by atoms with E-state index in [0.29, 0.717) is 22.8 Å². The summed E-state index contributed by atoms with van der Waals surface area (Å²) in [6.45, 7) is 4.95. The minimum Gasteiger partial charge on any atom is -0.495 e. The monoisotopic (exact) mass is 313 g/mol. The second-order valence-corrected chi connectivity index (χ2v) is 5.37. The summed E-state index contributed by atoms with van der Waals surface area (Å²) >= 11 is 0. The number of rotatable bonds is 7. The van der Waals surface area contributed by atoms with Crippen LogP contribution in [0.15, 0.2) is 36.5 Å². The molecule has 2 N–H and O–H groups in total. The van der Waals surface area contributed by atoms with E-state index in [9.17, 15) is 4.79 Å². The molecule has 1 amide bonds. The van der Waals surface area contributed by atoms with Gasteiger partial charge in [0.1, 0.15) is 11.6 Å². The van der Waals surface area contributed by atoms with E-state index < -0.39 is 0 Å². The van der Waals surface area contributed by atoms with Crippen LogP contribution < -0.4 is 15.4 Å². The number of hydrogen-bond donors (Lipinski definition) is 2. The van der Waals surface area contributed by atoms with Crippen molar-refractivity contribution >= 4 is 17.4 Å². The number of pyridine rings is 1. The molecular formula is C18H23N3O2. The van der Waals surface area contributed by atoms with Crippen LogP contribution in [0.4, 0.5) is 11.5 Å². The zero-order chi connectivity index (χ0) is 16.7. The lowest BCUT2D eigenvalue weighted by atomic mass is 10.2. The maximum atomic E-state index is 12.5. The zero-order valence-corrected chi connectivity index (χ0v) is 13.8. The van der Waals surface area contributed by atoms with Crippen LogP contribution in [0.3, 0.4) is 0 Å². The first-order valence-corrected chi connectivity index (χ1v) is 7.80. The third-order valence-electron chi connectivity index (χ3n) is 3.46. The Morgan fingerprint density at radius 2 is 2.09 bits per heavy atom. The van der Waals surface area contributed by atoms with Crippen molar-refractivity contribution in [3.05, 3.63) is 47.7 Å². The number of methoxy groups -OCH3 is 1. The zero-order valence-electron chi connectivity index (χ0n) is 13.8. The fourth-order valence-corrected chi connectivity index (χ4v) is 2.18. The molecule has 0 aliphatic rings. The number of ether oxygens (including phenoxy) is 1. The summed E-state index contributed by atoms with van der Waals surface area (Å²) in [6.07, 6.45) is 3.82. The molecule has 0 aliphatic heterocycles. The Morgan fingerprint density at radius 1 is 1.26 bits per heavy atom. The maximum Gasteiger partial charge on any atom is 0.255 e. The Morgan fingerprint density at radius 3 is 2.83 bits per heavy atom. The second-order valence-electron chi connectivity index (χ2n) is 5.37. The van der Waals surface area contributed by atoms with Crippen LogP contribution in [0, 0.1) is 6.92 Å². The van der Waals surface area contributed by atoms with Crippen molar-refractivity contribution in [2.75, 3.05) is 24.3 Å². The van der Waals surface area contributed by atoms with Gasteiger partial charge >= 0.3 is 0 Å². The van der Waals surface area contributed by atoms with Crippen LogP contribution >= 0.6 is 0 Å². The predicted octanol–water partition coefficient (Wildman–Crippen LogP) is 3.86. The number of carbonyl (C=O) groups is 1. The van der Waals surface area contributed by atoms with Crippen molar-refractivity contribution in [2.24, 2.45) is 0 Å². The van der Waals surface area contributed by atoms with Crippen molar-refractivity contribution in [1.29, 1.82) is 0 Å². The third-order valence-corrected chi connectivity index (χ3v) is 3.46. The van der Waals surface area contributed by atoms with Gasteiger partial charge < -0.3 is 15.4 Å². The maximum absolute atomic E-state index is 12.5. The number of amides is 1. The van der Waals surface area contributed by atoms with Gasteiger partial charge in [0.2, 0.25) is 0 Å². The smallest absolute Gasteiger partial charge is 0.255 e.